The SMILES string of the molecule is Cc1ccc(OCCC(CN)c2ccc(N(C)C)cc2)cc1. The van der Waals surface area contributed by atoms with Crippen molar-refractivity contribution in [3.05, 3.63) is 59.7 Å². The van der Waals surface area contributed by atoms with E-state index in [0.717, 1.165) is 12.2 Å². The van der Waals surface area contributed by atoms with Gasteiger partial charge in [-0.1, -0.05) is 29.8 Å². The number of ether oxygens (including phenoxy) is 1. The Balaban J connectivity index is 1.90. The third-order valence-corrected chi connectivity index (χ3v) is 3.92. The first-order chi connectivity index (χ1) is 10.6. The number of benzene rings is 2. The first kappa shape index (κ1) is 16.4. The van der Waals surface area contributed by atoms with Crippen molar-refractivity contribution in [2.75, 3.05) is 32.1 Å². The van der Waals surface area contributed by atoms with Crippen LogP contribution >= 0.6 is 0 Å². The van der Waals surface area contributed by atoms with Crippen LogP contribution < -0.4 is 15.4 Å². The molecule has 3 heteroatoms. The molecule has 2 rings (SSSR count). The lowest BCUT2D eigenvalue weighted by molar-refractivity contribution is 0.298. The van der Waals surface area contributed by atoms with E-state index in [9.17, 15) is 0 Å². The van der Waals surface area contributed by atoms with Gasteiger partial charge in [-0.05, 0) is 55.6 Å². The second kappa shape index (κ2) is 7.85. The highest BCUT2D eigenvalue weighted by Gasteiger charge is 2.10. The first-order valence-electron chi connectivity index (χ1n) is 7.77. The molecular weight excluding hydrogens is 272 g/mol. The lowest BCUT2D eigenvalue weighted by atomic mass is 9.96. The van der Waals surface area contributed by atoms with Gasteiger partial charge in [0.2, 0.25) is 0 Å². The molecule has 1 atom stereocenters. The number of anilines is 1. The molecule has 0 fully saturated rings. The summed E-state index contributed by atoms with van der Waals surface area (Å²) in [4.78, 5) is 2.10. The highest BCUT2D eigenvalue weighted by Crippen LogP contribution is 2.22. The van der Waals surface area contributed by atoms with E-state index in [-0.39, 0.29) is 0 Å². The minimum atomic E-state index is 0.335. The van der Waals surface area contributed by atoms with Gasteiger partial charge in [0.15, 0.2) is 0 Å². The summed E-state index contributed by atoms with van der Waals surface area (Å²) in [5.41, 5.74) is 9.66. The molecular formula is C19H26N2O. The van der Waals surface area contributed by atoms with Crippen LogP contribution in [0.15, 0.2) is 48.5 Å². The summed E-state index contributed by atoms with van der Waals surface area (Å²) in [5, 5.41) is 0. The number of nitrogens with zero attached hydrogens (tertiary/aromatic N) is 1. The third-order valence-electron chi connectivity index (χ3n) is 3.92. The topological polar surface area (TPSA) is 38.5 Å². The van der Waals surface area contributed by atoms with Crippen LogP contribution in [0.2, 0.25) is 0 Å². The van der Waals surface area contributed by atoms with E-state index in [1.54, 1.807) is 0 Å². The number of hydrogen-bond donors (Lipinski definition) is 1. The van der Waals surface area contributed by atoms with Crippen molar-refractivity contribution in [1.29, 1.82) is 0 Å². The van der Waals surface area contributed by atoms with Gasteiger partial charge in [0.1, 0.15) is 5.75 Å². The smallest absolute Gasteiger partial charge is 0.119 e. The molecule has 0 bridgehead atoms. The van der Waals surface area contributed by atoms with Gasteiger partial charge in [0, 0.05) is 19.8 Å². The minimum absolute atomic E-state index is 0.335. The summed E-state index contributed by atoms with van der Waals surface area (Å²) >= 11 is 0. The van der Waals surface area contributed by atoms with Crippen LogP contribution in [-0.4, -0.2) is 27.2 Å². The lowest BCUT2D eigenvalue weighted by Gasteiger charge is -2.18. The number of hydrogen-bond acceptors (Lipinski definition) is 3. The Bertz CT molecular complexity index is 561. The summed E-state index contributed by atoms with van der Waals surface area (Å²) in [6.07, 6.45) is 0.922. The average molecular weight is 298 g/mol. The zero-order chi connectivity index (χ0) is 15.9. The van der Waals surface area contributed by atoms with Crippen LogP contribution in [0.4, 0.5) is 5.69 Å². The molecule has 0 radical (unpaired) electrons. The van der Waals surface area contributed by atoms with Gasteiger partial charge in [-0.3, -0.25) is 0 Å². The van der Waals surface area contributed by atoms with Gasteiger partial charge in [-0.15, -0.1) is 0 Å². The molecule has 0 aliphatic rings. The van der Waals surface area contributed by atoms with Crippen molar-refractivity contribution >= 4 is 5.69 Å². The van der Waals surface area contributed by atoms with Gasteiger partial charge < -0.3 is 15.4 Å². The summed E-state index contributed by atoms with van der Waals surface area (Å²) < 4.78 is 5.81. The van der Waals surface area contributed by atoms with Crippen LogP contribution in [0.3, 0.4) is 0 Å². The van der Waals surface area contributed by atoms with Gasteiger partial charge in [-0.25, -0.2) is 0 Å². The van der Waals surface area contributed by atoms with Crippen molar-refractivity contribution in [1.82, 2.24) is 0 Å². The van der Waals surface area contributed by atoms with E-state index < -0.39 is 0 Å². The summed E-state index contributed by atoms with van der Waals surface area (Å²) in [5.74, 6) is 1.26. The van der Waals surface area contributed by atoms with Crippen LogP contribution in [0, 0.1) is 6.92 Å². The van der Waals surface area contributed by atoms with Crippen molar-refractivity contribution in [2.24, 2.45) is 5.73 Å². The van der Waals surface area contributed by atoms with Gasteiger partial charge in [-0.2, -0.15) is 0 Å². The van der Waals surface area contributed by atoms with Crippen molar-refractivity contribution in [2.45, 2.75) is 19.3 Å². The Kier molecular flexibility index (Phi) is 5.84. The van der Waals surface area contributed by atoms with E-state index >= 15 is 0 Å². The highest BCUT2D eigenvalue weighted by atomic mass is 16.5. The Labute approximate surface area is 133 Å². The molecule has 0 amide bonds. The fraction of sp³-hybridized carbons (Fsp3) is 0.368. The van der Waals surface area contributed by atoms with Crippen molar-refractivity contribution in [3.8, 4) is 5.75 Å². The van der Waals surface area contributed by atoms with E-state index in [0.29, 0.717) is 19.1 Å². The van der Waals surface area contributed by atoms with Crippen molar-refractivity contribution < 1.29 is 4.74 Å². The van der Waals surface area contributed by atoms with Gasteiger partial charge in [0.05, 0.1) is 6.61 Å². The summed E-state index contributed by atoms with van der Waals surface area (Å²) in [7, 11) is 4.09. The maximum atomic E-state index is 5.94. The molecule has 118 valence electrons. The van der Waals surface area contributed by atoms with Crippen molar-refractivity contribution in [3.63, 3.8) is 0 Å². The molecule has 2 aromatic carbocycles. The zero-order valence-electron chi connectivity index (χ0n) is 13.8. The number of rotatable bonds is 7. The number of nitrogens with two attached hydrogens (primary N) is 1. The molecule has 2 aromatic rings. The largest absolute Gasteiger partial charge is 0.494 e. The molecule has 0 saturated carbocycles. The molecule has 22 heavy (non-hydrogen) atoms. The maximum Gasteiger partial charge on any atom is 0.119 e. The minimum Gasteiger partial charge on any atom is -0.494 e. The third kappa shape index (κ3) is 4.50. The average Bonchev–Trinajstić information content (AvgIpc) is 2.53. The molecule has 0 aromatic heterocycles. The second-order valence-electron chi connectivity index (χ2n) is 5.87. The molecule has 0 saturated heterocycles. The first-order valence-corrected chi connectivity index (χ1v) is 7.77. The predicted molar refractivity (Wildman–Crippen MR) is 93.9 cm³/mol. The normalized spacial score (nSPS) is 12.0. The van der Waals surface area contributed by atoms with E-state index in [1.165, 1.54) is 16.8 Å². The fourth-order valence-corrected chi connectivity index (χ4v) is 2.42. The monoisotopic (exact) mass is 298 g/mol. The van der Waals surface area contributed by atoms with Crippen LogP contribution in [-0.2, 0) is 0 Å². The van der Waals surface area contributed by atoms with E-state index in [1.807, 2.05) is 26.2 Å². The van der Waals surface area contributed by atoms with E-state index in [2.05, 4.69) is 48.2 Å². The molecule has 0 aliphatic heterocycles. The van der Waals surface area contributed by atoms with Gasteiger partial charge >= 0.3 is 0 Å². The Morgan fingerprint density at radius 3 is 2.18 bits per heavy atom. The molecule has 0 aliphatic carbocycles. The highest BCUT2D eigenvalue weighted by molar-refractivity contribution is 5.46. The summed E-state index contributed by atoms with van der Waals surface area (Å²) in [6.45, 7) is 3.39. The lowest BCUT2D eigenvalue weighted by Crippen LogP contribution is -2.16. The zero-order valence-corrected chi connectivity index (χ0v) is 13.8. The standard InChI is InChI=1S/C19H26N2O/c1-15-4-10-19(11-5-15)22-13-12-17(14-20)16-6-8-18(9-7-16)21(2)3/h4-11,17H,12-14,20H2,1-3H3. The predicted octanol–water partition coefficient (Wildman–Crippen LogP) is 3.57. The van der Waals surface area contributed by atoms with Crippen LogP contribution in [0.5, 0.6) is 5.75 Å². The Morgan fingerprint density at radius 2 is 1.64 bits per heavy atom. The van der Waals surface area contributed by atoms with Crippen LogP contribution in [0.25, 0.3) is 0 Å². The number of aryl methyl sites for hydroxylation is 1. The molecule has 1 unspecified atom stereocenters. The maximum absolute atomic E-state index is 5.94. The second-order valence-corrected chi connectivity index (χ2v) is 5.87. The molecule has 0 spiro atoms. The Hall–Kier alpha value is -2.00. The fourth-order valence-electron chi connectivity index (χ4n) is 2.42. The molecule has 0 heterocycles. The van der Waals surface area contributed by atoms with Gasteiger partial charge in [0.25, 0.3) is 0 Å². The molecule has 3 nitrogen and oxygen atoms in total. The Morgan fingerprint density at radius 1 is 1.00 bits per heavy atom. The quantitative estimate of drug-likeness (QED) is 0.849. The molecule has 2 N–H and O–H groups in total. The summed E-state index contributed by atoms with van der Waals surface area (Å²) in [6, 6.07) is 16.8. The van der Waals surface area contributed by atoms with Crippen LogP contribution in [0.1, 0.15) is 23.5 Å². The van der Waals surface area contributed by atoms with E-state index in [4.69, 9.17) is 10.5 Å².